The Bertz CT molecular complexity index is 680. The third-order valence-corrected chi connectivity index (χ3v) is 6.70. The van der Waals surface area contributed by atoms with Gasteiger partial charge in [0.1, 0.15) is 5.01 Å². The van der Waals surface area contributed by atoms with Crippen LogP contribution in [0.3, 0.4) is 0 Å². The highest BCUT2D eigenvalue weighted by Gasteiger charge is 2.20. The second kappa shape index (κ2) is 10.0. The van der Waals surface area contributed by atoms with Gasteiger partial charge in [-0.2, -0.15) is 0 Å². The first-order valence-corrected chi connectivity index (χ1v) is 11.1. The fraction of sp³-hybridized carbons (Fsp3) is 0.579. The molecule has 1 aliphatic rings. The van der Waals surface area contributed by atoms with Gasteiger partial charge in [0.25, 0.3) is 0 Å². The van der Waals surface area contributed by atoms with Crippen molar-refractivity contribution in [2.75, 3.05) is 26.7 Å². The molecule has 1 fully saturated rings. The van der Waals surface area contributed by atoms with Gasteiger partial charge in [-0.1, -0.05) is 13.0 Å². The van der Waals surface area contributed by atoms with Crippen molar-refractivity contribution >= 4 is 28.6 Å². The Balaban J connectivity index is 1.41. The molecule has 3 rings (SSSR count). The zero-order chi connectivity index (χ0) is 18.2. The van der Waals surface area contributed by atoms with Gasteiger partial charge in [-0.05, 0) is 43.2 Å². The fourth-order valence-corrected chi connectivity index (χ4v) is 4.85. The van der Waals surface area contributed by atoms with Crippen LogP contribution >= 0.6 is 22.7 Å². The summed E-state index contributed by atoms with van der Waals surface area (Å²) < 4.78 is 0. The monoisotopic (exact) mass is 391 g/mol. The molecule has 0 aromatic carbocycles. The molecular weight excluding hydrogens is 362 g/mol. The van der Waals surface area contributed by atoms with Gasteiger partial charge in [0, 0.05) is 42.6 Å². The predicted octanol–water partition coefficient (Wildman–Crippen LogP) is 3.34. The standard InChI is InChI=1S/C19H29N5S2/c1-3-16-11-21-18(26-16)12-23-19(20-2)22-10-15-6-4-8-24(13-15)14-17-7-5-9-25-17/h5,7,9,11,15H,3-4,6,8,10,12-14H2,1-2H3,(H2,20,22,23). The van der Waals surface area contributed by atoms with E-state index in [0.717, 1.165) is 43.6 Å². The summed E-state index contributed by atoms with van der Waals surface area (Å²) in [4.78, 5) is 14.2. The van der Waals surface area contributed by atoms with E-state index in [4.69, 9.17) is 0 Å². The van der Waals surface area contributed by atoms with Crippen LogP contribution in [0, 0.1) is 5.92 Å². The van der Waals surface area contributed by atoms with Crippen LogP contribution < -0.4 is 10.6 Å². The number of piperidine rings is 1. The highest BCUT2D eigenvalue weighted by molar-refractivity contribution is 7.11. The van der Waals surface area contributed by atoms with E-state index >= 15 is 0 Å². The molecule has 0 aliphatic carbocycles. The molecule has 0 saturated carbocycles. The van der Waals surface area contributed by atoms with Gasteiger partial charge in [-0.3, -0.25) is 9.89 Å². The maximum Gasteiger partial charge on any atom is 0.191 e. The van der Waals surface area contributed by atoms with Gasteiger partial charge < -0.3 is 10.6 Å². The van der Waals surface area contributed by atoms with Crippen molar-refractivity contribution in [1.82, 2.24) is 20.5 Å². The molecule has 2 N–H and O–H groups in total. The summed E-state index contributed by atoms with van der Waals surface area (Å²) in [5.74, 6) is 1.54. The van der Waals surface area contributed by atoms with E-state index in [0.29, 0.717) is 5.92 Å². The Kier molecular flexibility index (Phi) is 7.46. The van der Waals surface area contributed by atoms with Crippen LogP contribution in [-0.2, 0) is 19.5 Å². The maximum absolute atomic E-state index is 4.46. The quantitative estimate of drug-likeness (QED) is 0.561. The molecule has 7 heteroatoms. The van der Waals surface area contributed by atoms with E-state index in [1.165, 1.54) is 29.1 Å². The van der Waals surface area contributed by atoms with Crippen LogP contribution in [-0.4, -0.2) is 42.5 Å². The number of rotatable bonds is 7. The summed E-state index contributed by atoms with van der Waals surface area (Å²) in [5, 5.41) is 10.2. The van der Waals surface area contributed by atoms with Gasteiger partial charge in [0.2, 0.25) is 0 Å². The molecule has 1 atom stereocenters. The number of aliphatic imine (C=N–C) groups is 1. The number of nitrogens with zero attached hydrogens (tertiary/aromatic N) is 3. The van der Waals surface area contributed by atoms with Gasteiger partial charge in [0.05, 0.1) is 6.54 Å². The molecule has 2 aromatic heterocycles. The van der Waals surface area contributed by atoms with E-state index in [1.54, 1.807) is 11.3 Å². The Morgan fingerprint density at radius 2 is 2.31 bits per heavy atom. The highest BCUT2D eigenvalue weighted by atomic mass is 32.1. The maximum atomic E-state index is 4.46. The molecule has 0 radical (unpaired) electrons. The van der Waals surface area contributed by atoms with Crippen molar-refractivity contribution < 1.29 is 0 Å². The Hall–Kier alpha value is -1.44. The minimum atomic E-state index is 0.675. The number of thiazole rings is 1. The van der Waals surface area contributed by atoms with Crippen molar-refractivity contribution in [3.05, 3.63) is 38.5 Å². The average molecular weight is 392 g/mol. The Labute approximate surface area is 164 Å². The SMILES string of the molecule is CCc1cnc(CNC(=NC)NCC2CCCN(Cc3cccs3)C2)s1. The van der Waals surface area contributed by atoms with Crippen molar-refractivity contribution in [3.63, 3.8) is 0 Å². The van der Waals surface area contributed by atoms with E-state index in [-0.39, 0.29) is 0 Å². The van der Waals surface area contributed by atoms with Crippen LogP contribution in [0.15, 0.2) is 28.7 Å². The van der Waals surface area contributed by atoms with Gasteiger partial charge in [-0.15, -0.1) is 22.7 Å². The van der Waals surface area contributed by atoms with Gasteiger partial charge in [0.15, 0.2) is 5.96 Å². The minimum absolute atomic E-state index is 0.675. The summed E-state index contributed by atoms with van der Waals surface area (Å²) >= 11 is 3.63. The third kappa shape index (κ3) is 5.79. The molecule has 0 bridgehead atoms. The summed E-state index contributed by atoms with van der Waals surface area (Å²) in [6, 6.07) is 4.38. The van der Waals surface area contributed by atoms with Gasteiger partial charge in [-0.25, -0.2) is 4.98 Å². The molecule has 142 valence electrons. The summed E-state index contributed by atoms with van der Waals surface area (Å²) in [6.07, 6.45) is 5.59. The normalized spacial score (nSPS) is 18.8. The molecule has 1 aliphatic heterocycles. The lowest BCUT2D eigenvalue weighted by Gasteiger charge is -2.32. The van der Waals surface area contributed by atoms with E-state index in [9.17, 15) is 0 Å². The Morgan fingerprint density at radius 3 is 3.04 bits per heavy atom. The lowest BCUT2D eigenvalue weighted by Crippen LogP contribution is -2.44. The van der Waals surface area contributed by atoms with Crippen molar-refractivity contribution in [1.29, 1.82) is 0 Å². The predicted molar refractivity (Wildman–Crippen MR) is 112 cm³/mol. The van der Waals surface area contributed by atoms with Crippen molar-refractivity contribution in [3.8, 4) is 0 Å². The second-order valence-electron chi connectivity index (χ2n) is 6.70. The van der Waals surface area contributed by atoms with Crippen LogP contribution in [0.4, 0.5) is 0 Å². The number of nitrogens with one attached hydrogen (secondary N) is 2. The van der Waals surface area contributed by atoms with Crippen LogP contribution in [0.25, 0.3) is 0 Å². The smallest absolute Gasteiger partial charge is 0.191 e. The summed E-state index contributed by atoms with van der Waals surface area (Å²) in [5.41, 5.74) is 0. The molecule has 3 heterocycles. The topological polar surface area (TPSA) is 52.6 Å². The highest BCUT2D eigenvalue weighted by Crippen LogP contribution is 2.20. The fourth-order valence-electron chi connectivity index (χ4n) is 3.30. The molecule has 0 spiro atoms. The van der Waals surface area contributed by atoms with Gasteiger partial charge >= 0.3 is 0 Å². The summed E-state index contributed by atoms with van der Waals surface area (Å²) in [6.45, 7) is 7.33. The first-order chi connectivity index (χ1) is 12.8. The van der Waals surface area contributed by atoms with Crippen LogP contribution in [0.2, 0.25) is 0 Å². The molecule has 26 heavy (non-hydrogen) atoms. The molecule has 1 unspecified atom stereocenters. The lowest BCUT2D eigenvalue weighted by molar-refractivity contribution is 0.169. The van der Waals surface area contributed by atoms with E-state index in [2.05, 4.69) is 49.9 Å². The van der Waals surface area contributed by atoms with E-state index < -0.39 is 0 Å². The van der Waals surface area contributed by atoms with Crippen molar-refractivity contribution in [2.45, 2.75) is 39.3 Å². The number of thiophene rings is 1. The molecule has 5 nitrogen and oxygen atoms in total. The first-order valence-electron chi connectivity index (χ1n) is 9.39. The van der Waals surface area contributed by atoms with Crippen molar-refractivity contribution in [2.24, 2.45) is 10.9 Å². The number of aryl methyl sites for hydroxylation is 1. The zero-order valence-electron chi connectivity index (χ0n) is 15.7. The van der Waals surface area contributed by atoms with E-state index in [1.807, 2.05) is 24.6 Å². The third-order valence-electron chi connectivity index (χ3n) is 4.70. The van der Waals surface area contributed by atoms with Crippen LogP contribution in [0.1, 0.15) is 34.5 Å². The molecular formula is C19H29N5S2. The number of hydrogen-bond acceptors (Lipinski definition) is 5. The molecule has 0 amide bonds. The second-order valence-corrected chi connectivity index (χ2v) is 8.94. The number of likely N-dealkylation sites (tertiary alicyclic amines) is 1. The number of hydrogen-bond donors (Lipinski definition) is 2. The summed E-state index contributed by atoms with van der Waals surface area (Å²) in [7, 11) is 1.83. The average Bonchev–Trinajstić information content (AvgIpc) is 3.34. The Morgan fingerprint density at radius 1 is 1.38 bits per heavy atom. The molecule has 1 saturated heterocycles. The van der Waals surface area contributed by atoms with Crippen LogP contribution in [0.5, 0.6) is 0 Å². The largest absolute Gasteiger partial charge is 0.356 e. The molecule has 2 aromatic rings. The zero-order valence-corrected chi connectivity index (χ0v) is 17.3. The number of guanidine groups is 1. The number of aromatic nitrogens is 1. The minimum Gasteiger partial charge on any atom is -0.356 e. The lowest BCUT2D eigenvalue weighted by atomic mass is 9.98. The first kappa shape index (κ1) is 19.3.